The minimum Gasteiger partial charge on any atom is -0.462 e. The zero-order valence-electron chi connectivity index (χ0n) is 18.4. The number of esters is 2. The average molecular weight is 403 g/mol. The summed E-state index contributed by atoms with van der Waals surface area (Å²) in [7, 11) is 0. The number of hydrogen-bond donors (Lipinski definition) is 0. The van der Waals surface area contributed by atoms with Gasteiger partial charge in [0.2, 0.25) is 0 Å². The minimum atomic E-state index is -0.194. The van der Waals surface area contributed by atoms with Crippen LogP contribution in [-0.2, 0) is 19.1 Å². The van der Waals surface area contributed by atoms with Gasteiger partial charge in [-0.25, -0.2) is 0 Å². The van der Waals surface area contributed by atoms with Crippen molar-refractivity contribution in [1.82, 2.24) is 0 Å². The van der Waals surface area contributed by atoms with E-state index < -0.39 is 0 Å². The number of fused-ring (bicyclic) bond motifs is 9. The first-order chi connectivity index (χ1) is 13.9. The van der Waals surface area contributed by atoms with Crippen LogP contribution in [-0.4, -0.2) is 23.6 Å². The standard InChI is InChI=1S/C25H38O4/c1-4-25(8-6-5-7-9-25)29-24(27)18-11-15-10-17(18)22-19-12-16(21(15)22)13-20(19)28-23(26)14(2)3/h14-22H,4-13H2,1-3H3. The molecule has 0 amide bonds. The lowest BCUT2D eigenvalue weighted by molar-refractivity contribution is -0.174. The Morgan fingerprint density at radius 1 is 0.931 bits per heavy atom. The predicted octanol–water partition coefficient (Wildman–Crippen LogP) is 5.14. The quantitative estimate of drug-likeness (QED) is 0.472. The second-order valence-corrected chi connectivity index (χ2v) is 11.2. The van der Waals surface area contributed by atoms with Gasteiger partial charge in [-0.1, -0.05) is 27.2 Å². The molecule has 0 saturated heterocycles. The van der Waals surface area contributed by atoms with Crippen molar-refractivity contribution in [3.63, 3.8) is 0 Å². The predicted molar refractivity (Wildman–Crippen MR) is 110 cm³/mol. The Labute approximate surface area is 175 Å². The molecule has 0 aliphatic heterocycles. The van der Waals surface area contributed by atoms with Crippen LogP contribution in [0.3, 0.4) is 0 Å². The molecule has 0 N–H and O–H groups in total. The third-order valence-corrected chi connectivity index (χ3v) is 9.53. The maximum absolute atomic E-state index is 13.3. The molecule has 29 heavy (non-hydrogen) atoms. The maximum Gasteiger partial charge on any atom is 0.309 e. The van der Waals surface area contributed by atoms with Crippen LogP contribution in [0, 0.1) is 47.3 Å². The number of hydrogen-bond acceptors (Lipinski definition) is 4. The van der Waals surface area contributed by atoms with Crippen molar-refractivity contribution in [2.24, 2.45) is 47.3 Å². The van der Waals surface area contributed by atoms with Gasteiger partial charge < -0.3 is 9.47 Å². The summed E-state index contributed by atoms with van der Waals surface area (Å²) in [6.07, 6.45) is 11.3. The SMILES string of the molecule is CCC1(OC(=O)C2CC3CC2C2C4CC(CC4OC(=O)C(C)C)C32)CCCCC1. The summed E-state index contributed by atoms with van der Waals surface area (Å²) in [5.74, 6) is 3.78. The molecule has 5 saturated carbocycles. The largest absolute Gasteiger partial charge is 0.462 e. The van der Waals surface area contributed by atoms with E-state index in [0.717, 1.165) is 38.0 Å². The van der Waals surface area contributed by atoms with E-state index in [-0.39, 0.29) is 35.5 Å². The fourth-order valence-electron chi connectivity index (χ4n) is 8.25. The lowest BCUT2D eigenvalue weighted by Crippen LogP contribution is -2.44. The molecule has 4 heteroatoms. The molecule has 8 atom stereocenters. The van der Waals surface area contributed by atoms with Gasteiger partial charge in [-0.3, -0.25) is 9.59 Å². The Hall–Kier alpha value is -1.06. The van der Waals surface area contributed by atoms with Gasteiger partial charge in [-0.2, -0.15) is 0 Å². The van der Waals surface area contributed by atoms with Crippen molar-refractivity contribution in [1.29, 1.82) is 0 Å². The van der Waals surface area contributed by atoms with Crippen molar-refractivity contribution in [3.05, 3.63) is 0 Å². The molecule has 0 aromatic heterocycles. The smallest absolute Gasteiger partial charge is 0.309 e. The zero-order chi connectivity index (χ0) is 20.3. The molecule has 8 unspecified atom stereocenters. The molecule has 0 heterocycles. The molecule has 0 radical (unpaired) electrons. The first-order valence-corrected chi connectivity index (χ1v) is 12.4. The van der Waals surface area contributed by atoms with Gasteiger partial charge >= 0.3 is 11.9 Å². The molecule has 162 valence electrons. The summed E-state index contributed by atoms with van der Waals surface area (Å²) in [5.41, 5.74) is -0.194. The highest BCUT2D eigenvalue weighted by Crippen LogP contribution is 2.69. The van der Waals surface area contributed by atoms with E-state index in [4.69, 9.17) is 9.47 Å². The van der Waals surface area contributed by atoms with Gasteiger partial charge in [0.15, 0.2) is 0 Å². The van der Waals surface area contributed by atoms with E-state index in [2.05, 4.69) is 6.92 Å². The van der Waals surface area contributed by atoms with Crippen molar-refractivity contribution >= 4 is 11.9 Å². The van der Waals surface area contributed by atoms with E-state index >= 15 is 0 Å². The first kappa shape index (κ1) is 19.9. The van der Waals surface area contributed by atoms with E-state index in [0.29, 0.717) is 29.6 Å². The molecule has 0 aromatic carbocycles. The van der Waals surface area contributed by atoms with Crippen LogP contribution in [0.5, 0.6) is 0 Å². The lowest BCUT2D eigenvalue weighted by atomic mass is 9.66. The van der Waals surface area contributed by atoms with Gasteiger partial charge in [0.05, 0.1) is 11.8 Å². The second-order valence-electron chi connectivity index (χ2n) is 11.2. The summed E-state index contributed by atoms with van der Waals surface area (Å²) in [5, 5.41) is 0. The summed E-state index contributed by atoms with van der Waals surface area (Å²) in [4.78, 5) is 25.5. The van der Waals surface area contributed by atoms with Gasteiger partial charge in [-0.05, 0) is 93.3 Å². The first-order valence-electron chi connectivity index (χ1n) is 12.4. The molecular formula is C25H38O4. The molecular weight excluding hydrogens is 364 g/mol. The highest BCUT2D eigenvalue weighted by molar-refractivity contribution is 5.74. The molecule has 5 fully saturated rings. The fraction of sp³-hybridized carbons (Fsp3) is 0.920. The summed E-state index contributed by atoms with van der Waals surface area (Å²) in [6, 6.07) is 0. The van der Waals surface area contributed by atoms with E-state index in [1.807, 2.05) is 13.8 Å². The molecule has 5 rings (SSSR count). The number of carbonyl (C=O) groups is 2. The summed E-state index contributed by atoms with van der Waals surface area (Å²) >= 11 is 0. The van der Waals surface area contributed by atoms with E-state index in [1.165, 1.54) is 32.1 Å². The van der Waals surface area contributed by atoms with Crippen LogP contribution in [0.1, 0.15) is 85.0 Å². The zero-order valence-corrected chi connectivity index (χ0v) is 18.4. The highest BCUT2D eigenvalue weighted by atomic mass is 16.6. The van der Waals surface area contributed by atoms with Gasteiger partial charge in [0, 0.05) is 0 Å². The van der Waals surface area contributed by atoms with Crippen LogP contribution < -0.4 is 0 Å². The number of rotatable bonds is 5. The van der Waals surface area contributed by atoms with Gasteiger partial charge in [-0.15, -0.1) is 0 Å². The molecule has 5 aliphatic carbocycles. The normalized spacial score (nSPS) is 44.1. The number of carbonyl (C=O) groups excluding carboxylic acids is 2. The highest BCUT2D eigenvalue weighted by Gasteiger charge is 2.66. The van der Waals surface area contributed by atoms with Gasteiger partial charge in [0.25, 0.3) is 0 Å². The van der Waals surface area contributed by atoms with Crippen LogP contribution in [0.2, 0.25) is 0 Å². The third-order valence-electron chi connectivity index (χ3n) is 9.53. The van der Waals surface area contributed by atoms with Crippen LogP contribution in [0.15, 0.2) is 0 Å². The average Bonchev–Trinajstić information content (AvgIpc) is 3.47. The lowest BCUT2D eigenvalue weighted by Gasteiger charge is -2.42. The monoisotopic (exact) mass is 402 g/mol. The summed E-state index contributed by atoms with van der Waals surface area (Å²) < 4.78 is 12.2. The Bertz CT molecular complexity index is 664. The summed E-state index contributed by atoms with van der Waals surface area (Å²) in [6.45, 7) is 6.01. The minimum absolute atomic E-state index is 0.0552. The molecule has 4 nitrogen and oxygen atoms in total. The molecule has 0 aromatic rings. The molecule has 0 spiro atoms. The third kappa shape index (κ3) is 3.15. The van der Waals surface area contributed by atoms with Gasteiger partial charge in [0.1, 0.15) is 11.7 Å². The van der Waals surface area contributed by atoms with Crippen molar-refractivity contribution in [2.75, 3.05) is 0 Å². The fourth-order valence-corrected chi connectivity index (χ4v) is 8.25. The van der Waals surface area contributed by atoms with Crippen LogP contribution >= 0.6 is 0 Å². The Morgan fingerprint density at radius 2 is 1.62 bits per heavy atom. The Kier molecular flexibility index (Phi) is 4.98. The van der Waals surface area contributed by atoms with E-state index in [9.17, 15) is 9.59 Å². The molecule has 5 aliphatic rings. The Balaban J connectivity index is 1.28. The second kappa shape index (κ2) is 7.27. The van der Waals surface area contributed by atoms with Crippen molar-refractivity contribution in [3.8, 4) is 0 Å². The maximum atomic E-state index is 13.3. The van der Waals surface area contributed by atoms with Crippen molar-refractivity contribution < 1.29 is 19.1 Å². The molecule has 4 bridgehead atoms. The van der Waals surface area contributed by atoms with Crippen LogP contribution in [0.4, 0.5) is 0 Å². The van der Waals surface area contributed by atoms with Crippen LogP contribution in [0.25, 0.3) is 0 Å². The van der Waals surface area contributed by atoms with E-state index in [1.54, 1.807) is 0 Å². The Morgan fingerprint density at radius 3 is 2.31 bits per heavy atom. The number of ether oxygens (including phenoxy) is 2. The topological polar surface area (TPSA) is 52.6 Å². The van der Waals surface area contributed by atoms with Crippen molar-refractivity contribution in [2.45, 2.75) is 96.7 Å².